The molecule has 3 heteroatoms. The smallest absolute Gasteiger partial charge is 0.223 e. The van der Waals surface area contributed by atoms with Crippen molar-refractivity contribution in [3.05, 3.63) is 12.2 Å². The van der Waals surface area contributed by atoms with Gasteiger partial charge in [-0.3, -0.25) is 4.79 Å². The molecule has 1 saturated carbocycles. The summed E-state index contributed by atoms with van der Waals surface area (Å²) in [6.07, 6.45) is 9.81. The molecule has 4 atom stereocenters. The minimum Gasteiger partial charge on any atom is -0.342 e. The largest absolute Gasteiger partial charge is 0.342 e. The molecule has 4 unspecified atom stereocenters. The van der Waals surface area contributed by atoms with Crippen LogP contribution >= 0.6 is 0 Å². The zero-order chi connectivity index (χ0) is 11.8. The van der Waals surface area contributed by atoms with Crippen molar-refractivity contribution in [2.75, 3.05) is 13.1 Å². The van der Waals surface area contributed by atoms with Crippen molar-refractivity contribution in [3.8, 4) is 0 Å². The van der Waals surface area contributed by atoms with E-state index < -0.39 is 0 Å². The summed E-state index contributed by atoms with van der Waals surface area (Å²) < 4.78 is 0. The van der Waals surface area contributed by atoms with Gasteiger partial charge in [0.05, 0.1) is 0 Å². The molecule has 1 amide bonds. The average molecular weight is 234 g/mol. The Morgan fingerprint density at radius 1 is 1.29 bits per heavy atom. The normalized spacial score (nSPS) is 39.9. The third-order valence-electron chi connectivity index (χ3n) is 4.81. The Kier molecular flexibility index (Phi) is 2.95. The van der Waals surface area contributed by atoms with Crippen LogP contribution in [0.1, 0.15) is 32.1 Å². The second kappa shape index (κ2) is 4.45. The first-order valence-corrected chi connectivity index (χ1v) is 6.94. The van der Waals surface area contributed by atoms with Gasteiger partial charge in [-0.1, -0.05) is 12.2 Å². The van der Waals surface area contributed by atoms with E-state index in [2.05, 4.69) is 17.1 Å². The van der Waals surface area contributed by atoms with Crippen molar-refractivity contribution < 1.29 is 4.79 Å². The molecule has 3 nitrogen and oxygen atoms in total. The highest BCUT2D eigenvalue weighted by molar-refractivity contribution is 5.77. The van der Waals surface area contributed by atoms with E-state index in [1.165, 1.54) is 6.42 Å². The lowest BCUT2D eigenvalue weighted by molar-refractivity contribution is -0.131. The maximum atomic E-state index is 12.2. The van der Waals surface area contributed by atoms with Gasteiger partial charge in [0, 0.05) is 25.6 Å². The van der Waals surface area contributed by atoms with Gasteiger partial charge in [-0.2, -0.15) is 0 Å². The summed E-state index contributed by atoms with van der Waals surface area (Å²) in [5.74, 6) is 2.12. The van der Waals surface area contributed by atoms with Gasteiger partial charge in [-0.05, 0) is 43.4 Å². The fraction of sp³-hybridized carbons (Fsp3) is 0.786. The van der Waals surface area contributed by atoms with E-state index in [4.69, 9.17) is 5.73 Å². The molecule has 2 fully saturated rings. The predicted molar refractivity (Wildman–Crippen MR) is 67.3 cm³/mol. The predicted octanol–water partition coefficient (Wildman–Crippen LogP) is 1.54. The van der Waals surface area contributed by atoms with E-state index in [0.29, 0.717) is 36.1 Å². The van der Waals surface area contributed by atoms with Crippen molar-refractivity contribution in [1.29, 1.82) is 0 Å². The summed E-state index contributed by atoms with van der Waals surface area (Å²) in [6.45, 7) is 1.88. The van der Waals surface area contributed by atoms with Crippen LogP contribution in [0.5, 0.6) is 0 Å². The van der Waals surface area contributed by atoms with Crippen LogP contribution in [-0.2, 0) is 4.79 Å². The minimum atomic E-state index is 0.337. The summed E-state index contributed by atoms with van der Waals surface area (Å²) in [4.78, 5) is 14.3. The molecule has 0 aromatic heterocycles. The van der Waals surface area contributed by atoms with Gasteiger partial charge >= 0.3 is 0 Å². The molecular weight excluding hydrogens is 212 g/mol. The monoisotopic (exact) mass is 234 g/mol. The van der Waals surface area contributed by atoms with Crippen LogP contribution in [0.3, 0.4) is 0 Å². The van der Waals surface area contributed by atoms with Gasteiger partial charge in [0.1, 0.15) is 0 Å². The molecule has 0 spiro atoms. The van der Waals surface area contributed by atoms with E-state index >= 15 is 0 Å². The maximum Gasteiger partial charge on any atom is 0.223 e. The Hall–Kier alpha value is -0.830. The molecule has 1 aliphatic heterocycles. The zero-order valence-electron chi connectivity index (χ0n) is 10.3. The summed E-state index contributed by atoms with van der Waals surface area (Å²) >= 11 is 0. The Bertz CT molecular complexity index is 339. The summed E-state index contributed by atoms with van der Waals surface area (Å²) in [5.41, 5.74) is 6.10. The van der Waals surface area contributed by atoms with Crippen LogP contribution in [0.25, 0.3) is 0 Å². The molecule has 1 heterocycles. The van der Waals surface area contributed by atoms with Crippen molar-refractivity contribution >= 4 is 5.91 Å². The molecule has 94 valence electrons. The van der Waals surface area contributed by atoms with Gasteiger partial charge in [0.15, 0.2) is 0 Å². The lowest BCUT2D eigenvalue weighted by atomic mass is 9.98. The van der Waals surface area contributed by atoms with Gasteiger partial charge in [0.2, 0.25) is 5.91 Å². The van der Waals surface area contributed by atoms with Crippen LogP contribution in [0.4, 0.5) is 0 Å². The molecule has 3 rings (SSSR count). The second-order valence-corrected chi connectivity index (χ2v) is 5.93. The summed E-state index contributed by atoms with van der Waals surface area (Å²) in [7, 11) is 0. The van der Waals surface area contributed by atoms with E-state index in [9.17, 15) is 4.79 Å². The van der Waals surface area contributed by atoms with Crippen molar-refractivity contribution in [2.24, 2.45) is 23.5 Å². The zero-order valence-corrected chi connectivity index (χ0v) is 10.3. The fourth-order valence-corrected chi connectivity index (χ4v) is 3.73. The van der Waals surface area contributed by atoms with Crippen LogP contribution < -0.4 is 5.73 Å². The highest BCUT2D eigenvalue weighted by atomic mass is 16.2. The summed E-state index contributed by atoms with van der Waals surface area (Å²) in [6, 6.07) is 0.337. The van der Waals surface area contributed by atoms with Crippen molar-refractivity contribution in [2.45, 2.75) is 38.1 Å². The molecule has 0 radical (unpaired) electrons. The number of amides is 1. The van der Waals surface area contributed by atoms with Crippen molar-refractivity contribution in [1.82, 2.24) is 4.90 Å². The maximum absolute atomic E-state index is 12.2. The average Bonchev–Trinajstić information content (AvgIpc) is 2.97. The molecule has 2 N–H and O–H groups in total. The number of carbonyl (C=O) groups is 1. The quantitative estimate of drug-likeness (QED) is 0.737. The Balaban J connectivity index is 1.55. The third-order valence-corrected chi connectivity index (χ3v) is 4.81. The van der Waals surface area contributed by atoms with Gasteiger partial charge in [0.25, 0.3) is 0 Å². The topological polar surface area (TPSA) is 46.3 Å². The minimum absolute atomic E-state index is 0.337. The number of likely N-dealkylation sites (tertiary alicyclic amines) is 1. The summed E-state index contributed by atoms with van der Waals surface area (Å²) in [5, 5.41) is 0. The number of nitrogens with two attached hydrogens (primary N) is 1. The van der Waals surface area contributed by atoms with Crippen LogP contribution in [-0.4, -0.2) is 29.9 Å². The van der Waals surface area contributed by atoms with Gasteiger partial charge in [-0.15, -0.1) is 0 Å². The number of carbonyl (C=O) groups excluding carboxylic acids is 1. The molecular formula is C14H22N2O. The van der Waals surface area contributed by atoms with Crippen LogP contribution in [0.15, 0.2) is 12.2 Å². The first-order chi connectivity index (χ1) is 8.24. The SMILES string of the molecule is NC1CCC2CN(C(=O)CC3C=CCC3)CC12. The first-order valence-electron chi connectivity index (χ1n) is 6.94. The number of allylic oxidation sites excluding steroid dienone is 2. The lowest BCUT2D eigenvalue weighted by Gasteiger charge is -2.20. The number of rotatable bonds is 2. The van der Waals surface area contributed by atoms with Gasteiger partial charge < -0.3 is 10.6 Å². The van der Waals surface area contributed by atoms with Crippen LogP contribution in [0, 0.1) is 17.8 Å². The van der Waals surface area contributed by atoms with Gasteiger partial charge in [-0.25, -0.2) is 0 Å². The lowest BCUT2D eigenvalue weighted by Crippen LogP contribution is -2.34. The third kappa shape index (κ3) is 2.13. The standard InChI is InChI=1S/C14H22N2O/c15-13-6-5-11-8-16(9-12(11)13)14(17)7-10-3-1-2-4-10/h1,3,10-13H,2,4-9,15H2. The second-order valence-electron chi connectivity index (χ2n) is 5.93. The fourth-order valence-electron chi connectivity index (χ4n) is 3.73. The highest BCUT2D eigenvalue weighted by Gasteiger charge is 2.42. The number of nitrogens with zero attached hydrogens (tertiary/aromatic N) is 1. The Morgan fingerprint density at radius 3 is 2.88 bits per heavy atom. The molecule has 2 aliphatic carbocycles. The highest BCUT2D eigenvalue weighted by Crippen LogP contribution is 2.37. The van der Waals surface area contributed by atoms with Crippen molar-refractivity contribution in [3.63, 3.8) is 0 Å². The number of hydrogen-bond acceptors (Lipinski definition) is 2. The number of hydrogen-bond donors (Lipinski definition) is 1. The van der Waals surface area contributed by atoms with E-state index in [-0.39, 0.29) is 0 Å². The van der Waals surface area contributed by atoms with E-state index in [1.807, 2.05) is 0 Å². The first kappa shape index (κ1) is 11.3. The molecule has 0 aromatic rings. The van der Waals surface area contributed by atoms with E-state index in [0.717, 1.165) is 32.4 Å². The molecule has 3 aliphatic rings. The number of fused-ring (bicyclic) bond motifs is 1. The molecule has 0 aromatic carbocycles. The Morgan fingerprint density at radius 2 is 2.18 bits per heavy atom. The molecule has 1 saturated heterocycles. The van der Waals surface area contributed by atoms with Crippen LogP contribution in [0.2, 0.25) is 0 Å². The Labute approximate surface area is 103 Å². The van der Waals surface area contributed by atoms with E-state index in [1.54, 1.807) is 0 Å². The molecule has 17 heavy (non-hydrogen) atoms. The molecule has 0 bridgehead atoms.